The van der Waals surface area contributed by atoms with Gasteiger partial charge in [-0.3, -0.25) is 9.69 Å². The summed E-state index contributed by atoms with van der Waals surface area (Å²) < 4.78 is 50.6. The van der Waals surface area contributed by atoms with Gasteiger partial charge >= 0.3 is 6.18 Å². The fourth-order valence-corrected chi connectivity index (χ4v) is 6.50. The number of alkyl halides is 3. The van der Waals surface area contributed by atoms with Crippen molar-refractivity contribution in [1.29, 1.82) is 0 Å². The number of halogens is 3. The fourth-order valence-electron chi connectivity index (χ4n) is 6.50. The molecule has 3 aliphatic heterocycles. The molecule has 1 aliphatic carbocycles. The third kappa shape index (κ3) is 4.01. The summed E-state index contributed by atoms with van der Waals surface area (Å²) in [5.41, 5.74) is 1.18. The zero-order chi connectivity index (χ0) is 27.9. The third-order valence-electron chi connectivity index (χ3n) is 9.35. The summed E-state index contributed by atoms with van der Waals surface area (Å²) >= 11 is 0. The monoisotopic (exact) mass is 552 g/mol. The van der Waals surface area contributed by atoms with Gasteiger partial charge in [0.1, 0.15) is 12.2 Å². The van der Waals surface area contributed by atoms with Crippen LogP contribution in [0.1, 0.15) is 45.7 Å². The number of likely N-dealkylation sites (N-methyl/N-ethyl adjacent to an activating group) is 1. The molecule has 2 aromatic carbocycles. The SMILES string of the molecule is CN1CCN(c2cc3c(c(C(F)(F)F)c2)CN(c2cccc(C4(Cc5nncn5C)COC4)c2)C3=O)CC12CC2. The van der Waals surface area contributed by atoms with Gasteiger partial charge in [-0.05, 0) is 55.3 Å². The molecular formula is C29H31F3N6O2. The van der Waals surface area contributed by atoms with E-state index in [1.165, 1.54) is 11.0 Å². The third-order valence-corrected chi connectivity index (χ3v) is 9.35. The van der Waals surface area contributed by atoms with Crippen LogP contribution >= 0.6 is 0 Å². The van der Waals surface area contributed by atoms with Gasteiger partial charge in [-0.15, -0.1) is 10.2 Å². The minimum absolute atomic E-state index is 0.0400. The summed E-state index contributed by atoms with van der Waals surface area (Å²) in [5.74, 6) is 0.416. The van der Waals surface area contributed by atoms with E-state index in [9.17, 15) is 18.0 Å². The van der Waals surface area contributed by atoms with Crippen LogP contribution in [0.4, 0.5) is 24.5 Å². The Morgan fingerprint density at radius 1 is 1.05 bits per heavy atom. The van der Waals surface area contributed by atoms with Crippen molar-refractivity contribution in [2.75, 3.05) is 49.7 Å². The molecule has 8 nitrogen and oxygen atoms in total. The van der Waals surface area contributed by atoms with E-state index in [4.69, 9.17) is 4.74 Å². The summed E-state index contributed by atoms with van der Waals surface area (Å²) in [6.07, 6.45) is -0.217. The van der Waals surface area contributed by atoms with Crippen LogP contribution < -0.4 is 9.80 Å². The first-order chi connectivity index (χ1) is 19.1. The Morgan fingerprint density at radius 2 is 1.85 bits per heavy atom. The van der Waals surface area contributed by atoms with E-state index in [0.29, 0.717) is 44.1 Å². The predicted molar refractivity (Wildman–Crippen MR) is 142 cm³/mol. The number of carbonyl (C=O) groups is 1. The van der Waals surface area contributed by atoms with Crippen molar-refractivity contribution in [3.63, 3.8) is 0 Å². The average Bonchev–Trinajstić information content (AvgIpc) is 3.44. The molecule has 4 aliphatic rings. The summed E-state index contributed by atoms with van der Waals surface area (Å²) in [7, 11) is 3.97. The number of ether oxygens (including phenoxy) is 1. The average molecular weight is 553 g/mol. The van der Waals surface area contributed by atoms with E-state index < -0.39 is 17.6 Å². The second-order valence-corrected chi connectivity index (χ2v) is 11.8. The second-order valence-electron chi connectivity index (χ2n) is 11.8. The van der Waals surface area contributed by atoms with Crippen LogP contribution in [-0.2, 0) is 36.3 Å². The van der Waals surface area contributed by atoms with Crippen molar-refractivity contribution in [3.05, 3.63) is 70.8 Å². The van der Waals surface area contributed by atoms with Gasteiger partial charge in [0, 0.05) is 61.0 Å². The maximum Gasteiger partial charge on any atom is 0.416 e. The molecule has 1 spiro atoms. The van der Waals surface area contributed by atoms with E-state index in [1.807, 2.05) is 34.7 Å². The standard InChI is InChI=1S/C29H31F3N6O2/c1-35-18-33-34-25(35)13-27(16-40-17-27)19-4-3-5-20(10-19)38-14-23-22(26(38)39)11-21(12-24(23)29(30,31)32)37-9-8-36(2)28(15-37)6-7-28/h3-5,10-12,18H,6-9,13-17H2,1-2H3. The van der Waals surface area contributed by atoms with Crippen molar-refractivity contribution in [3.8, 4) is 0 Å². The maximum absolute atomic E-state index is 14.4. The Morgan fingerprint density at radius 3 is 2.50 bits per heavy atom. The molecule has 3 fully saturated rings. The highest BCUT2D eigenvalue weighted by Crippen LogP contribution is 2.46. The summed E-state index contributed by atoms with van der Waals surface area (Å²) in [4.78, 5) is 19.5. The van der Waals surface area contributed by atoms with Crippen LogP contribution in [0.2, 0.25) is 0 Å². The molecule has 0 bridgehead atoms. The zero-order valence-electron chi connectivity index (χ0n) is 22.5. The van der Waals surface area contributed by atoms with E-state index in [0.717, 1.165) is 30.8 Å². The molecule has 11 heteroatoms. The summed E-state index contributed by atoms with van der Waals surface area (Å²) in [5, 5.41) is 8.20. The number of fused-ring (bicyclic) bond motifs is 1. The highest BCUT2D eigenvalue weighted by Gasteiger charge is 2.50. The Bertz CT molecular complexity index is 1490. The van der Waals surface area contributed by atoms with Crippen molar-refractivity contribution in [2.45, 2.75) is 42.9 Å². The van der Waals surface area contributed by atoms with Crippen LogP contribution in [0.25, 0.3) is 0 Å². The molecule has 1 amide bonds. The molecule has 1 aromatic heterocycles. The number of rotatable bonds is 5. The minimum Gasteiger partial charge on any atom is -0.379 e. The van der Waals surface area contributed by atoms with Gasteiger partial charge in [-0.1, -0.05) is 12.1 Å². The van der Waals surface area contributed by atoms with Crippen LogP contribution in [-0.4, -0.2) is 71.0 Å². The van der Waals surface area contributed by atoms with Gasteiger partial charge in [-0.25, -0.2) is 0 Å². The minimum atomic E-state index is -4.56. The Labute approximate surface area is 230 Å². The topological polar surface area (TPSA) is 66.7 Å². The lowest BCUT2D eigenvalue weighted by atomic mass is 9.75. The number of carbonyl (C=O) groups excluding carboxylic acids is 1. The number of aromatic nitrogens is 3. The smallest absolute Gasteiger partial charge is 0.379 e. The zero-order valence-corrected chi connectivity index (χ0v) is 22.5. The highest BCUT2D eigenvalue weighted by atomic mass is 19.4. The van der Waals surface area contributed by atoms with Gasteiger partial charge in [0.05, 0.1) is 25.3 Å². The molecule has 0 radical (unpaired) electrons. The molecule has 0 atom stereocenters. The number of piperazine rings is 1. The molecule has 0 unspecified atom stereocenters. The molecule has 40 heavy (non-hydrogen) atoms. The molecule has 1 saturated carbocycles. The first-order valence-corrected chi connectivity index (χ1v) is 13.6. The number of hydrogen-bond donors (Lipinski definition) is 0. The van der Waals surface area contributed by atoms with Gasteiger partial charge < -0.3 is 19.1 Å². The number of anilines is 2. The van der Waals surface area contributed by atoms with Gasteiger partial charge in [0.25, 0.3) is 5.91 Å². The molecule has 7 rings (SSSR count). The maximum atomic E-state index is 14.4. The second kappa shape index (κ2) is 8.78. The first kappa shape index (κ1) is 25.5. The van der Waals surface area contributed by atoms with E-state index >= 15 is 0 Å². The first-order valence-electron chi connectivity index (χ1n) is 13.6. The van der Waals surface area contributed by atoms with Crippen LogP contribution in [0.15, 0.2) is 42.7 Å². The lowest BCUT2D eigenvalue weighted by Crippen LogP contribution is -2.53. The largest absolute Gasteiger partial charge is 0.416 e. The molecule has 2 saturated heterocycles. The lowest BCUT2D eigenvalue weighted by Gasteiger charge is -2.42. The quantitative estimate of drug-likeness (QED) is 0.480. The molecule has 210 valence electrons. The van der Waals surface area contributed by atoms with E-state index in [-0.39, 0.29) is 28.6 Å². The number of amides is 1. The van der Waals surface area contributed by atoms with Gasteiger partial charge in [-0.2, -0.15) is 13.2 Å². The predicted octanol–water partition coefficient (Wildman–Crippen LogP) is 3.79. The van der Waals surface area contributed by atoms with Crippen molar-refractivity contribution in [2.24, 2.45) is 7.05 Å². The van der Waals surface area contributed by atoms with Crippen LogP contribution in [0, 0.1) is 0 Å². The van der Waals surface area contributed by atoms with Gasteiger partial charge in [0.2, 0.25) is 0 Å². The summed E-state index contributed by atoms with van der Waals surface area (Å²) in [6, 6.07) is 10.5. The Balaban J connectivity index is 1.22. The number of nitrogens with zero attached hydrogens (tertiary/aromatic N) is 6. The van der Waals surface area contributed by atoms with E-state index in [2.05, 4.69) is 22.1 Å². The Kier molecular flexibility index (Phi) is 5.60. The van der Waals surface area contributed by atoms with Crippen LogP contribution in [0.3, 0.4) is 0 Å². The number of hydrogen-bond acceptors (Lipinski definition) is 6. The number of benzene rings is 2. The normalized spacial score (nSPS) is 21.6. The van der Waals surface area contributed by atoms with Crippen molar-refractivity contribution >= 4 is 17.3 Å². The van der Waals surface area contributed by atoms with Crippen molar-refractivity contribution < 1.29 is 22.7 Å². The lowest BCUT2D eigenvalue weighted by molar-refractivity contribution is -0.138. The van der Waals surface area contributed by atoms with Gasteiger partial charge in [0.15, 0.2) is 0 Å². The fraction of sp³-hybridized carbons (Fsp3) is 0.483. The van der Waals surface area contributed by atoms with Crippen molar-refractivity contribution in [1.82, 2.24) is 19.7 Å². The highest BCUT2D eigenvalue weighted by molar-refractivity contribution is 6.11. The van der Waals surface area contributed by atoms with E-state index in [1.54, 1.807) is 18.5 Å². The molecule has 3 aromatic rings. The molecular weight excluding hydrogens is 521 g/mol. The Hall–Kier alpha value is -3.44. The summed E-state index contributed by atoms with van der Waals surface area (Å²) in [6.45, 7) is 2.95. The molecule has 4 heterocycles. The molecule has 0 N–H and O–H groups in total. The van der Waals surface area contributed by atoms with Crippen LogP contribution in [0.5, 0.6) is 0 Å². The number of aryl methyl sites for hydroxylation is 1.